The molecule has 0 unspecified atom stereocenters. The molecule has 1 heterocycles. The maximum absolute atomic E-state index is 12.7. The van der Waals surface area contributed by atoms with E-state index in [0.29, 0.717) is 24.2 Å². The summed E-state index contributed by atoms with van der Waals surface area (Å²) in [5.74, 6) is -0.634. The highest BCUT2D eigenvalue weighted by molar-refractivity contribution is 7.92. The Morgan fingerprint density at radius 2 is 1.65 bits per heavy atom. The van der Waals surface area contributed by atoms with Crippen molar-refractivity contribution < 1.29 is 22.8 Å². The number of hydrogen-bond donors (Lipinski definition) is 3. The molecule has 0 bridgehead atoms. The highest BCUT2D eigenvalue weighted by atomic mass is 32.2. The molecule has 10 heteroatoms. The summed E-state index contributed by atoms with van der Waals surface area (Å²) in [6.45, 7) is 3.85. The molecule has 2 aromatic rings. The van der Waals surface area contributed by atoms with Crippen LogP contribution in [0.4, 0.5) is 16.2 Å². The van der Waals surface area contributed by atoms with Crippen LogP contribution in [-0.4, -0.2) is 43.2 Å². The van der Waals surface area contributed by atoms with E-state index in [2.05, 4.69) is 15.4 Å². The molecule has 34 heavy (non-hydrogen) atoms. The van der Waals surface area contributed by atoms with Gasteiger partial charge in [0.25, 0.3) is 15.9 Å². The molecule has 4 amide bonds. The van der Waals surface area contributed by atoms with Gasteiger partial charge in [0.1, 0.15) is 5.54 Å². The molecule has 1 aliphatic heterocycles. The van der Waals surface area contributed by atoms with Crippen molar-refractivity contribution in [1.82, 2.24) is 10.2 Å². The predicted molar refractivity (Wildman–Crippen MR) is 128 cm³/mol. The number of nitrogens with zero attached hydrogens (tertiary/aromatic N) is 1. The fraction of sp³-hybridized carbons (Fsp3) is 0.375. The number of amides is 4. The van der Waals surface area contributed by atoms with E-state index in [1.54, 1.807) is 12.1 Å². The first-order valence-electron chi connectivity index (χ1n) is 11.2. The second kappa shape index (κ2) is 9.09. The highest BCUT2D eigenvalue weighted by Crippen LogP contribution is 2.35. The molecule has 0 aromatic heterocycles. The molecular formula is C24H28N4O5S. The monoisotopic (exact) mass is 484 g/mol. The largest absolute Gasteiger partial charge is 0.326 e. The van der Waals surface area contributed by atoms with Crippen molar-refractivity contribution in [3.05, 3.63) is 53.6 Å². The van der Waals surface area contributed by atoms with Crippen molar-refractivity contribution in [2.24, 2.45) is 0 Å². The third-order valence-electron chi connectivity index (χ3n) is 6.47. The number of nitrogens with one attached hydrogen (secondary N) is 3. The van der Waals surface area contributed by atoms with Gasteiger partial charge in [-0.1, -0.05) is 18.9 Å². The number of aryl methyl sites for hydroxylation is 2. The molecule has 0 radical (unpaired) electrons. The molecule has 180 valence electrons. The Balaban J connectivity index is 1.33. The van der Waals surface area contributed by atoms with Crippen LogP contribution >= 0.6 is 0 Å². The van der Waals surface area contributed by atoms with Crippen LogP contribution < -0.4 is 15.4 Å². The Hall–Kier alpha value is -3.40. The van der Waals surface area contributed by atoms with Crippen molar-refractivity contribution in [1.29, 1.82) is 0 Å². The molecule has 1 aliphatic carbocycles. The Labute approximate surface area is 199 Å². The maximum Gasteiger partial charge on any atom is 0.325 e. The van der Waals surface area contributed by atoms with Gasteiger partial charge in [0.2, 0.25) is 5.91 Å². The first-order valence-corrected chi connectivity index (χ1v) is 12.7. The van der Waals surface area contributed by atoms with Gasteiger partial charge >= 0.3 is 6.03 Å². The molecular weight excluding hydrogens is 456 g/mol. The van der Waals surface area contributed by atoms with Crippen molar-refractivity contribution in [3.8, 4) is 0 Å². The Morgan fingerprint density at radius 1 is 1.00 bits per heavy atom. The SMILES string of the molecule is Cc1ccc(NS(=O)(=O)c2ccc(NC(=O)CCN3C(=O)NC4(CCCC4)C3=O)cc2)cc1C. The number of anilines is 2. The van der Waals surface area contributed by atoms with Crippen LogP contribution in [0.25, 0.3) is 0 Å². The lowest BCUT2D eigenvalue weighted by atomic mass is 9.98. The quantitative estimate of drug-likeness (QED) is 0.520. The maximum atomic E-state index is 12.7. The molecule has 9 nitrogen and oxygen atoms in total. The van der Waals surface area contributed by atoms with Gasteiger partial charge in [0.15, 0.2) is 0 Å². The zero-order chi connectivity index (χ0) is 24.5. The summed E-state index contributed by atoms with van der Waals surface area (Å²) in [5, 5.41) is 5.46. The van der Waals surface area contributed by atoms with E-state index in [-0.39, 0.29) is 29.7 Å². The standard InChI is InChI=1S/C24H28N4O5S/c1-16-5-6-19(15-17(16)2)27-34(32,33)20-9-7-18(8-10-20)25-21(29)11-14-28-22(30)24(26-23(28)31)12-3-4-13-24/h5-10,15,27H,3-4,11-14H2,1-2H3,(H,25,29)(H,26,31). The summed E-state index contributed by atoms with van der Waals surface area (Å²) in [4.78, 5) is 38.4. The van der Waals surface area contributed by atoms with Gasteiger partial charge in [-0.05, 0) is 74.2 Å². The molecule has 4 rings (SSSR count). The van der Waals surface area contributed by atoms with Crippen molar-refractivity contribution >= 4 is 39.2 Å². The van der Waals surface area contributed by atoms with Crippen LogP contribution in [0.3, 0.4) is 0 Å². The summed E-state index contributed by atoms with van der Waals surface area (Å²) >= 11 is 0. The van der Waals surface area contributed by atoms with Crippen molar-refractivity contribution in [2.75, 3.05) is 16.6 Å². The van der Waals surface area contributed by atoms with Crippen molar-refractivity contribution in [3.63, 3.8) is 0 Å². The van der Waals surface area contributed by atoms with Crippen LogP contribution in [0.5, 0.6) is 0 Å². The van der Waals surface area contributed by atoms with E-state index in [1.165, 1.54) is 24.3 Å². The lowest BCUT2D eigenvalue weighted by Gasteiger charge is -2.19. The summed E-state index contributed by atoms with van der Waals surface area (Å²) in [6.07, 6.45) is 3.00. The molecule has 2 aliphatic rings. The fourth-order valence-corrected chi connectivity index (χ4v) is 5.42. The van der Waals surface area contributed by atoms with Crippen LogP contribution in [0.2, 0.25) is 0 Å². The third kappa shape index (κ3) is 4.77. The average Bonchev–Trinajstić information content (AvgIpc) is 3.34. The van der Waals surface area contributed by atoms with E-state index in [1.807, 2.05) is 19.9 Å². The van der Waals surface area contributed by atoms with Crippen LogP contribution in [0, 0.1) is 13.8 Å². The van der Waals surface area contributed by atoms with E-state index in [0.717, 1.165) is 28.9 Å². The number of sulfonamides is 1. The van der Waals surface area contributed by atoms with E-state index < -0.39 is 21.6 Å². The number of rotatable bonds is 7. The Kier molecular flexibility index (Phi) is 6.35. The van der Waals surface area contributed by atoms with E-state index in [9.17, 15) is 22.8 Å². The normalized spacial score (nSPS) is 17.2. The molecule has 1 saturated carbocycles. The number of carbonyl (C=O) groups is 3. The van der Waals surface area contributed by atoms with Gasteiger partial charge in [-0.3, -0.25) is 19.2 Å². The number of imide groups is 1. The highest BCUT2D eigenvalue weighted by Gasteiger charge is 2.52. The first-order chi connectivity index (χ1) is 16.1. The summed E-state index contributed by atoms with van der Waals surface area (Å²) in [6, 6.07) is 10.7. The lowest BCUT2D eigenvalue weighted by molar-refractivity contribution is -0.131. The lowest BCUT2D eigenvalue weighted by Crippen LogP contribution is -2.44. The number of hydrogen-bond acceptors (Lipinski definition) is 5. The minimum Gasteiger partial charge on any atom is -0.326 e. The van der Waals surface area contributed by atoms with Gasteiger partial charge in [-0.25, -0.2) is 13.2 Å². The molecule has 0 atom stereocenters. The molecule has 2 fully saturated rings. The van der Waals surface area contributed by atoms with Crippen LogP contribution in [-0.2, 0) is 19.6 Å². The topological polar surface area (TPSA) is 125 Å². The molecule has 1 saturated heterocycles. The molecule has 1 spiro atoms. The van der Waals surface area contributed by atoms with Crippen LogP contribution in [0.15, 0.2) is 47.4 Å². The fourth-order valence-electron chi connectivity index (χ4n) is 4.37. The first kappa shape index (κ1) is 23.7. The third-order valence-corrected chi connectivity index (χ3v) is 7.87. The zero-order valence-electron chi connectivity index (χ0n) is 19.2. The van der Waals surface area contributed by atoms with Crippen molar-refractivity contribution in [2.45, 2.75) is 56.4 Å². The summed E-state index contributed by atoms with van der Waals surface area (Å²) in [5.41, 5.74) is 2.14. The zero-order valence-corrected chi connectivity index (χ0v) is 20.0. The minimum atomic E-state index is -3.78. The Bertz CT molecular complexity index is 1230. The predicted octanol–water partition coefficient (Wildman–Crippen LogP) is 3.30. The number of benzene rings is 2. The molecule has 3 N–H and O–H groups in total. The number of carbonyl (C=O) groups excluding carboxylic acids is 3. The second-order valence-electron chi connectivity index (χ2n) is 8.90. The summed E-state index contributed by atoms with van der Waals surface area (Å²) in [7, 11) is -3.78. The van der Waals surface area contributed by atoms with Gasteiger partial charge in [-0.2, -0.15) is 0 Å². The smallest absolute Gasteiger partial charge is 0.325 e. The van der Waals surface area contributed by atoms with E-state index >= 15 is 0 Å². The van der Waals surface area contributed by atoms with Gasteiger partial charge < -0.3 is 10.6 Å². The Morgan fingerprint density at radius 3 is 2.29 bits per heavy atom. The molecule has 2 aromatic carbocycles. The minimum absolute atomic E-state index is 0.00933. The van der Waals surface area contributed by atoms with E-state index in [4.69, 9.17) is 0 Å². The van der Waals surface area contributed by atoms with Gasteiger partial charge in [-0.15, -0.1) is 0 Å². The van der Waals surface area contributed by atoms with Crippen LogP contribution in [0.1, 0.15) is 43.2 Å². The van der Waals surface area contributed by atoms with Gasteiger partial charge in [0.05, 0.1) is 4.90 Å². The average molecular weight is 485 g/mol. The second-order valence-corrected chi connectivity index (χ2v) is 10.6. The van der Waals surface area contributed by atoms with Gasteiger partial charge in [0, 0.05) is 24.3 Å². The summed E-state index contributed by atoms with van der Waals surface area (Å²) < 4.78 is 27.9. The number of urea groups is 1.